The molecule has 2 aromatic carbocycles. The molecule has 1 aromatic heterocycles. The van der Waals surface area contributed by atoms with Gasteiger partial charge in [-0.25, -0.2) is 13.4 Å². The summed E-state index contributed by atoms with van der Waals surface area (Å²) < 4.78 is 27.4. The van der Waals surface area contributed by atoms with Gasteiger partial charge in [0.05, 0.1) is 5.69 Å². The molecule has 5 nitrogen and oxygen atoms in total. The minimum atomic E-state index is -3.67. The topological polar surface area (TPSA) is 62.3 Å². The maximum atomic E-state index is 13.0. The third kappa shape index (κ3) is 4.11. The molecule has 0 radical (unpaired) electrons. The molecular weight excluding hydrogens is 358 g/mol. The molecule has 0 saturated heterocycles. The molecule has 0 spiro atoms. The van der Waals surface area contributed by atoms with E-state index >= 15 is 0 Å². The van der Waals surface area contributed by atoms with Gasteiger partial charge in [0.2, 0.25) is 0 Å². The summed E-state index contributed by atoms with van der Waals surface area (Å²) >= 11 is 0. The molecule has 0 bridgehead atoms. The zero-order valence-corrected chi connectivity index (χ0v) is 16.5. The zero-order chi connectivity index (χ0) is 19.4. The lowest BCUT2D eigenvalue weighted by atomic mass is 10.1. The van der Waals surface area contributed by atoms with Crippen LogP contribution in [0, 0.1) is 13.8 Å². The third-order valence-electron chi connectivity index (χ3n) is 4.31. The van der Waals surface area contributed by atoms with Crippen LogP contribution >= 0.6 is 0 Å². The minimum absolute atomic E-state index is 0.166. The fourth-order valence-corrected chi connectivity index (χ4v) is 4.25. The van der Waals surface area contributed by atoms with E-state index in [4.69, 9.17) is 0 Å². The van der Waals surface area contributed by atoms with Crippen molar-refractivity contribution in [3.63, 3.8) is 0 Å². The maximum Gasteiger partial charge on any atom is 0.265 e. The lowest BCUT2D eigenvalue weighted by molar-refractivity contribution is 0.591. The average molecular weight is 382 g/mol. The van der Waals surface area contributed by atoms with Gasteiger partial charge in [0.15, 0.2) is 0 Å². The van der Waals surface area contributed by atoms with E-state index in [0.29, 0.717) is 18.1 Å². The Bertz CT molecular complexity index is 1020. The van der Waals surface area contributed by atoms with Crippen molar-refractivity contribution in [1.82, 2.24) is 4.98 Å². The van der Waals surface area contributed by atoms with Crippen LogP contribution in [-0.2, 0) is 10.0 Å². The van der Waals surface area contributed by atoms with Gasteiger partial charge in [0.25, 0.3) is 10.0 Å². The molecule has 0 amide bonds. The van der Waals surface area contributed by atoms with Crippen LogP contribution < -0.4 is 9.62 Å². The number of anilines is 3. The molecule has 0 saturated carbocycles. The van der Waals surface area contributed by atoms with Crippen LogP contribution in [0.3, 0.4) is 0 Å². The second kappa shape index (κ2) is 7.80. The van der Waals surface area contributed by atoms with Crippen molar-refractivity contribution in [3.8, 4) is 0 Å². The number of benzene rings is 2. The number of nitrogens with zero attached hydrogens (tertiary/aromatic N) is 2. The standard InChI is InChI=1S/C21H23N3O2S/c1-4-24(18-8-6-5-7-9-18)27(25,26)19-12-13-21(22-15-19)23-20-14-16(2)10-11-17(20)3/h5-15H,4H2,1-3H3,(H,22,23). The molecule has 0 aliphatic rings. The van der Waals surface area contributed by atoms with Gasteiger partial charge in [-0.15, -0.1) is 0 Å². The highest BCUT2D eigenvalue weighted by atomic mass is 32.2. The maximum absolute atomic E-state index is 13.0. The predicted octanol–water partition coefficient (Wildman–Crippen LogP) is 4.66. The lowest BCUT2D eigenvalue weighted by Crippen LogP contribution is -2.30. The quantitative estimate of drug-likeness (QED) is 0.675. The van der Waals surface area contributed by atoms with Gasteiger partial charge in [0.1, 0.15) is 10.7 Å². The molecule has 0 fully saturated rings. The first-order valence-electron chi connectivity index (χ1n) is 8.80. The Labute approximate surface area is 160 Å². The molecular formula is C21H23N3O2S. The Kier molecular flexibility index (Phi) is 5.46. The molecule has 1 N–H and O–H groups in total. The Hall–Kier alpha value is -2.86. The van der Waals surface area contributed by atoms with Crippen molar-refractivity contribution in [2.24, 2.45) is 0 Å². The highest BCUT2D eigenvalue weighted by Gasteiger charge is 2.23. The second-order valence-electron chi connectivity index (χ2n) is 6.33. The fourth-order valence-electron chi connectivity index (χ4n) is 2.83. The van der Waals surface area contributed by atoms with Crippen molar-refractivity contribution >= 4 is 27.2 Å². The lowest BCUT2D eigenvalue weighted by Gasteiger charge is -2.22. The van der Waals surface area contributed by atoms with Gasteiger partial charge >= 0.3 is 0 Å². The minimum Gasteiger partial charge on any atom is -0.340 e. The van der Waals surface area contributed by atoms with Crippen molar-refractivity contribution < 1.29 is 8.42 Å². The van der Waals surface area contributed by atoms with Gasteiger partial charge in [-0.3, -0.25) is 4.31 Å². The summed E-state index contributed by atoms with van der Waals surface area (Å²) in [4.78, 5) is 4.47. The van der Waals surface area contributed by atoms with E-state index in [0.717, 1.165) is 16.8 Å². The van der Waals surface area contributed by atoms with Crippen molar-refractivity contribution in [3.05, 3.63) is 78.0 Å². The number of aromatic nitrogens is 1. The number of para-hydroxylation sites is 1. The highest BCUT2D eigenvalue weighted by Crippen LogP contribution is 2.25. The van der Waals surface area contributed by atoms with Crippen molar-refractivity contribution in [2.75, 3.05) is 16.2 Å². The van der Waals surface area contributed by atoms with Gasteiger partial charge in [-0.05, 0) is 62.2 Å². The van der Waals surface area contributed by atoms with Crippen LogP contribution in [0.4, 0.5) is 17.2 Å². The first kappa shape index (κ1) is 18.9. The molecule has 3 aromatic rings. The largest absolute Gasteiger partial charge is 0.340 e. The number of sulfonamides is 1. The SMILES string of the molecule is CCN(c1ccccc1)S(=O)(=O)c1ccc(Nc2cc(C)ccc2C)nc1. The Balaban J connectivity index is 1.86. The summed E-state index contributed by atoms with van der Waals surface area (Å²) in [6.07, 6.45) is 1.40. The molecule has 0 unspecified atom stereocenters. The number of hydrogen-bond acceptors (Lipinski definition) is 4. The predicted molar refractivity (Wildman–Crippen MR) is 110 cm³/mol. The van der Waals surface area contributed by atoms with E-state index < -0.39 is 10.0 Å². The smallest absolute Gasteiger partial charge is 0.265 e. The Morgan fingerprint density at radius 2 is 1.74 bits per heavy atom. The van der Waals surface area contributed by atoms with E-state index in [-0.39, 0.29) is 4.90 Å². The monoisotopic (exact) mass is 381 g/mol. The third-order valence-corrected chi connectivity index (χ3v) is 6.20. The molecule has 3 rings (SSSR count). The number of aryl methyl sites for hydroxylation is 2. The Morgan fingerprint density at radius 3 is 2.37 bits per heavy atom. The summed E-state index contributed by atoms with van der Waals surface area (Å²) in [5.41, 5.74) is 3.83. The fraction of sp³-hybridized carbons (Fsp3) is 0.190. The number of nitrogens with one attached hydrogen (secondary N) is 1. The van der Waals surface area contributed by atoms with Crippen LogP contribution in [0.25, 0.3) is 0 Å². The van der Waals surface area contributed by atoms with Gasteiger partial charge in [0, 0.05) is 18.4 Å². The van der Waals surface area contributed by atoms with Gasteiger partial charge in [-0.2, -0.15) is 0 Å². The first-order valence-corrected chi connectivity index (χ1v) is 10.2. The molecule has 0 aliphatic heterocycles. The summed E-state index contributed by atoms with van der Waals surface area (Å²) in [5, 5.41) is 3.25. The van der Waals surface area contributed by atoms with Gasteiger partial charge in [-0.1, -0.05) is 30.3 Å². The van der Waals surface area contributed by atoms with Crippen LogP contribution in [-0.4, -0.2) is 19.9 Å². The summed E-state index contributed by atoms with van der Waals surface area (Å²) in [6.45, 7) is 6.19. The normalized spacial score (nSPS) is 11.2. The van der Waals surface area contributed by atoms with Crippen molar-refractivity contribution in [2.45, 2.75) is 25.7 Å². The van der Waals surface area contributed by atoms with E-state index in [1.54, 1.807) is 24.3 Å². The van der Waals surface area contributed by atoms with Crippen LogP contribution in [0.15, 0.2) is 71.8 Å². The van der Waals surface area contributed by atoms with E-state index in [1.165, 1.54) is 10.5 Å². The first-order chi connectivity index (χ1) is 12.9. The molecule has 27 heavy (non-hydrogen) atoms. The summed E-state index contributed by atoms with van der Waals surface area (Å²) in [7, 11) is -3.67. The van der Waals surface area contributed by atoms with E-state index in [1.807, 2.05) is 57.2 Å². The molecule has 0 atom stereocenters. The zero-order valence-electron chi connectivity index (χ0n) is 15.7. The van der Waals surface area contributed by atoms with Crippen LogP contribution in [0.2, 0.25) is 0 Å². The van der Waals surface area contributed by atoms with Gasteiger partial charge < -0.3 is 5.32 Å². The number of hydrogen-bond donors (Lipinski definition) is 1. The summed E-state index contributed by atoms with van der Waals surface area (Å²) in [6, 6.07) is 18.5. The van der Waals surface area contributed by atoms with E-state index in [9.17, 15) is 8.42 Å². The van der Waals surface area contributed by atoms with Crippen LogP contribution in [0.5, 0.6) is 0 Å². The highest BCUT2D eigenvalue weighted by molar-refractivity contribution is 7.92. The molecule has 140 valence electrons. The molecule has 1 heterocycles. The second-order valence-corrected chi connectivity index (χ2v) is 8.19. The van der Waals surface area contributed by atoms with Crippen molar-refractivity contribution in [1.29, 1.82) is 0 Å². The van der Waals surface area contributed by atoms with Crippen LogP contribution in [0.1, 0.15) is 18.1 Å². The Morgan fingerprint density at radius 1 is 1.00 bits per heavy atom. The number of rotatable bonds is 6. The molecule has 6 heteroatoms. The van der Waals surface area contributed by atoms with E-state index in [2.05, 4.69) is 10.3 Å². The molecule has 0 aliphatic carbocycles. The number of pyridine rings is 1. The average Bonchev–Trinajstić information content (AvgIpc) is 2.66. The summed E-state index contributed by atoms with van der Waals surface area (Å²) in [5.74, 6) is 0.602.